The van der Waals surface area contributed by atoms with Crippen LogP contribution < -0.4 is 20.2 Å². The van der Waals surface area contributed by atoms with Crippen LogP contribution in [0.5, 0.6) is 11.6 Å². The van der Waals surface area contributed by atoms with Crippen molar-refractivity contribution in [1.29, 1.82) is 0 Å². The predicted octanol–water partition coefficient (Wildman–Crippen LogP) is 3.39. The third kappa shape index (κ3) is 4.22. The van der Waals surface area contributed by atoms with Gasteiger partial charge in [-0.15, -0.1) is 0 Å². The monoisotopic (exact) mass is 371 g/mol. The summed E-state index contributed by atoms with van der Waals surface area (Å²) in [6.07, 6.45) is 0.355. The summed E-state index contributed by atoms with van der Waals surface area (Å²) in [5.41, 5.74) is 1.97. The summed E-state index contributed by atoms with van der Waals surface area (Å²) in [6, 6.07) is 13.9. The molecule has 0 saturated carbocycles. The van der Waals surface area contributed by atoms with Crippen LogP contribution in [0.25, 0.3) is 0 Å². The van der Waals surface area contributed by atoms with E-state index in [9.17, 15) is 14.7 Å². The minimum absolute atomic E-state index is 0.132. The maximum absolute atomic E-state index is 12.2. The highest BCUT2D eigenvalue weighted by Crippen LogP contribution is 2.28. The zero-order valence-electron chi connectivity index (χ0n) is 13.9. The number of carbonyl (C=O) groups excluding carboxylic acids is 1. The Labute approximate surface area is 153 Å². The van der Waals surface area contributed by atoms with Crippen LogP contribution in [0, 0.1) is 0 Å². The van der Waals surface area contributed by atoms with Crippen molar-refractivity contribution in [2.24, 2.45) is 0 Å². The third-order valence-corrected chi connectivity index (χ3v) is 4.48. The van der Waals surface area contributed by atoms with Gasteiger partial charge in [0.25, 0.3) is 0 Å². The molecule has 3 aromatic rings. The van der Waals surface area contributed by atoms with Crippen LogP contribution in [0.1, 0.15) is 10.4 Å². The van der Waals surface area contributed by atoms with Gasteiger partial charge in [0.05, 0.1) is 17.7 Å². The number of amides is 2. The fraction of sp³-hybridized carbons (Fsp3) is 0.111. The molecule has 0 saturated heterocycles. The summed E-state index contributed by atoms with van der Waals surface area (Å²) in [6.45, 7) is 0. The molecule has 7 nitrogen and oxygen atoms in total. The van der Waals surface area contributed by atoms with Crippen LogP contribution in [-0.2, 0) is 6.42 Å². The molecule has 4 N–H and O–H groups in total. The molecule has 3 rings (SSSR count). The van der Waals surface area contributed by atoms with E-state index in [1.807, 2.05) is 24.3 Å². The largest absolute Gasteiger partial charge is 0.495 e. The van der Waals surface area contributed by atoms with E-state index in [2.05, 4.69) is 15.6 Å². The Morgan fingerprint density at radius 1 is 1.19 bits per heavy atom. The molecule has 134 valence electrons. The van der Waals surface area contributed by atoms with Crippen molar-refractivity contribution >= 4 is 28.7 Å². The zero-order valence-corrected chi connectivity index (χ0v) is 14.7. The number of urea groups is 1. The fourth-order valence-electron chi connectivity index (χ4n) is 2.43. The van der Waals surface area contributed by atoms with E-state index in [0.717, 1.165) is 16.9 Å². The Morgan fingerprint density at radius 3 is 2.62 bits per heavy atom. The molecule has 0 spiro atoms. The molecule has 0 aliphatic carbocycles. The lowest BCUT2D eigenvalue weighted by Gasteiger charge is -2.13. The lowest BCUT2D eigenvalue weighted by atomic mass is 10.1. The Balaban J connectivity index is 1.78. The smallest absolute Gasteiger partial charge is 0.323 e. The van der Waals surface area contributed by atoms with Crippen molar-refractivity contribution in [3.05, 3.63) is 68.6 Å². The van der Waals surface area contributed by atoms with Crippen molar-refractivity contribution < 1.29 is 14.6 Å². The number of thiazole rings is 1. The van der Waals surface area contributed by atoms with Gasteiger partial charge in [-0.3, -0.25) is 9.78 Å². The molecule has 0 fully saturated rings. The highest BCUT2D eigenvalue weighted by Gasteiger charge is 2.12. The molecule has 2 amide bonds. The molecular weight excluding hydrogens is 354 g/mol. The lowest BCUT2D eigenvalue weighted by Crippen LogP contribution is -2.19. The number of benzene rings is 2. The molecule has 0 unspecified atom stereocenters. The molecule has 1 aromatic heterocycles. The number of aromatic hydroxyl groups is 1. The van der Waals surface area contributed by atoms with Gasteiger partial charge in [0.1, 0.15) is 5.75 Å². The molecule has 2 aromatic carbocycles. The number of aromatic nitrogens is 1. The molecular formula is C18H17N3O4S. The maximum atomic E-state index is 12.2. The average molecular weight is 371 g/mol. The average Bonchev–Trinajstić information content (AvgIpc) is 2.93. The van der Waals surface area contributed by atoms with Gasteiger partial charge < -0.3 is 20.5 Å². The van der Waals surface area contributed by atoms with Crippen LogP contribution in [0.2, 0.25) is 0 Å². The minimum Gasteiger partial charge on any atom is -0.495 e. The van der Waals surface area contributed by atoms with Crippen LogP contribution in [-0.4, -0.2) is 23.2 Å². The van der Waals surface area contributed by atoms with E-state index in [1.165, 1.54) is 7.11 Å². The van der Waals surface area contributed by atoms with E-state index in [1.54, 1.807) is 24.3 Å². The van der Waals surface area contributed by atoms with Gasteiger partial charge in [-0.1, -0.05) is 35.6 Å². The van der Waals surface area contributed by atoms with Gasteiger partial charge in [-0.2, -0.15) is 0 Å². The van der Waals surface area contributed by atoms with Crippen LogP contribution in [0.4, 0.5) is 16.2 Å². The predicted molar refractivity (Wildman–Crippen MR) is 101 cm³/mol. The minimum atomic E-state index is -0.402. The van der Waals surface area contributed by atoms with Crippen molar-refractivity contribution in [3.8, 4) is 11.6 Å². The maximum Gasteiger partial charge on any atom is 0.323 e. The highest BCUT2D eigenvalue weighted by molar-refractivity contribution is 7.09. The number of hydrogen-bond acceptors (Lipinski definition) is 5. The summed E-state index contributed by atoms with van der Waals surface area (Å²) in [4.78, 5) is 26.1. The van der Waals surface area contributed by atoms with Crippen LogP contribution >= 0.6 is 11.3 Å². The third-order valence-electron chi connectivity index (χ3n) is 3.61. The first-order valence-corrected chi connectivity index (χ1v) is 8.57. The second-order valence-corrected chi connectivity index (χ2v) is 6.51. The van der Waals surface area contributed by atoms with E-state index in [0.29, 0.717) is 28.4 Å². The summed E-state index contributed by atoms with van der Waals surface area (Å²) in [5, 5.41) is 15.2. The van der Waals surface area contributed by atoms with Crippen LogP contribution in [0.15, 0.2) is 53.3 Å². The van der Waals surface area contributed by atoms with Gasteiger partial charge in [0.2, 0.25) is 5.88 Å². The molecule has 0 atom stereocenters. The number of ether oxygens (including phenoxy) is 1. The second kappa shape index (κ2) is 7.75. The number of carbonyl (C=O) groups is 1. The quantitative estimate of drug-likeness (QED) is 0.552. The van der Waals surface area contributed by atoms with Crippen molar-refractivity contribution in [2.45, 2.75) is 6.42 Å². The summed E-state index contributed by atoms with van der Waals surface area (Å²) < 4.78 is 5.28. The summed E-state index contributed by atoms with van der Waals surface area (Å²) in [5.74, 6) is 0.371. The number of anilines is 2. The topological polar surface area (TPSA) is 103 Å². The molecule has 0 aliphatic rings. The van der Waals surface area contributed by atoms with Crippen molar-refractivity contribution in [2.75, 3.05) is 17.7 Å². The Kier molecular flexibility index (Phi) is 5.23. The molecule has 26 heavy (non-hydrogen) atoms. The van der Waals surface area contributed by atoms with Crippen molar-refractivity contribution in [1.82, 2.24) is 4.98 Å². The number of rotatable bonds is 5. The van der Waals surface area contributed by atoms with E-state index >= 15 is 0 Å². The molecule has 8 heteroatoms. The van der Waals surface area contributed by atoms with Crippen molar-refractivity contribution in [3.63, 3.8) is 0 Å². The van der Waals surface area contributed by atoms with E-state index in [-0.39, 0.29) is 10.8 Å². The second-order valence-electron chi connectivity index (χ2n) is 5.44. The summed E-state index contributed by atoms with van der Waals surface area (Å²) >= 11 is 0.949. The van der Waals surface area contributed by atoms with Gasteiger partial charge >= 0.3 is 10.9 Å². The summed E-state index contributed by atoms with van der Waals surface area (Å²) in [7, 11) is 1.51. The van der Waals surface area contributed by atoms with Gasteiger partial charge in [0.15, 0.2) is 0 Å². The number of methoxy groups -OCH3 is 1. The number of H-pyrrole nitrogens is 1. The first-order valence-electron chi connectivity index (χ1n) is 7.76. The standard InChI is InChI=1S/C18H17N3O4S/c1-25-14-8-7-11(10-15-16(22)21-18(24)26-15)9-13(14)20-17(23)19-12-5-3-2-4-6-12/h2-9,22H,10H2,1H3,(H,21,24)(H2,19,20,23). The number of para-hydroxylation sites is 1. The number of hydrogen-bond donors (Lipinski definition) is 4. The van der Waals surface area contributed by atoms with Gasteiger partial charge in [-0.05, 0) is 29.8 Å². The Morgan fingerprint density at radius 2 is 1.96 bits per heavy atom. The van der Waals surface area contributed by atoms with E-state index in [4.69, 9.17) is 4.74 Å². The van der Waals surface area contributed by atoms with Gasteiger partial charge in [0, 0.05) is 12.1 Å². The number of aromatic amines is 1. The molecule has 0 aliphatic heterocycles. The molecule has 0 radical (unpaired) electrons. The van der Waals surface area contributed by atoms with Gasteiger partial charge in [-0.25, -0.2) is 4.79 Å². The lowest BCUT2D eigenvalue weighted by molar-refractivity contribution is 0.262. The first-order chi connectivity index (χ1) is 12.5. The Bertz CT molecular complexity index is 966. The molecule has 0 bridgehead atoms. The fourth-order valence-corrected chi connectivity index (χ4v) is 3.18. The van der Waals surface area contributed by atoms with Crippen LogP contribution in [0.3, 0.4) is 0 Å². The van der Waals surface area contributed by atoms with E-state index < -0.39 is 6.03 Å². The Hall–Kier alpha value is -3.26. The number of nitrogens with one attached hydrogen (secondary N) is 3. The first kappa shape index (κ1) is 17.6. The normalized spacial score (nSPS) is 10.3. The highest BCUT2D eigenvalue weighted by atomic mass is 32.1. The SMILES string of the molecule is COc1ccc(Cc2sc(=O)[nH]c2O)cc1NC(=O)Nc1ccccc1. The molecule has 1 heterocycles. The zero-order chi connectivity index (χ0) is 18.5.